The van der Waals surface area contributed by atoms with Crippen LogP contribution >= 0.6 is 0 Å². The summed E-state index contributed by atoms with van der Waals surface area (Å²) in [5.41, 5.74) is 7.60. The molecule has 3 heteroatoms. The number of hydrogen-bond acceptors (Lipinski definition) is 2. The first-order chi connectivity index (χ1) is 7.72. The van der Waals surface area contributed by atoms with E-state index in [4.69, 9.17) is 5.73 Å². The highest BCUT2D eigenvalue weighted by Gasteiger charge is 2.28. The van der Waals surface area contributed by atoms with Gasteiger partial charge in [0.25, 0.3) is 0 Å². The Morgan fingerprint density at radius 3 is 3.00 bits per heavy atom. The maximum atomic E-state index is 6.38. The van der Waals surface area contributed by atoms with Crippen LogP contribution < -0.4 is 5.73 Å². The lowest BCUT2D eigenvalue weighted by Crippen LogP contribution is -2.23. The third kappa shape index (κ3) is 2.29. The SMILES string of the molecule is CCCn1nccc1C(N)C1CCC(C)C1. The summed E-state index contributed by atoms with van der Waals surface area (Å²) in [6.45, 7) is 5.49. The van der Waals surface area contributed by atoms with Crippen LogP contribution in [-0.4, -0.2) is 9.78 Å². The van der Waals surface area contributed by atoms with Gasteiger partial charge >= 0.3 is 0 Å². The summed E-state index contributed by atoms with van der Waals surface area (Å²) in [7, 11) is 0. The predicted octanol–water partition coefficient (Wildman–Crippen LogP) is 2.73. The van der Waals surface area contributed by atoms with E-state index in [1.165, 1.54) is 25.0 Å². The molecule has 0 saturated heterocycles. The van der Waals surface area contributed by atoms with Crippen LogP contribution in [0.2, 0.25) is 0 Å². The van der Waals surface area contributed by atoms with E-state index in [2.05, 4.69) is 29.7 Å². The smallest absolute Gasteiger partial charge is 0.0554 e. The molecule has 1 fully saturated rings. The molecule has 1 saturated carbocycles. The molecule has 3 unspecified atom stereocenters. The van der Waals surface area contributed by atoms with Gasteiger partial charge in [0, 0.05) is 18.8 Å². The summed E-state index contributed by atoms with van der Waals surface area (Å²) in [5, 5.41) is 4.35. The Balaban J connectivity index is 2.07. The van der Waals surface area contributed by atoms with Gasteiger partial charge in [0.1, 0.15) is 0 Å². The van der Waals surface area contributed by atoms with Crippen molar-refractivity contribution in [1.82, 2.24) is 9.78 Å². The molecule has 3 nitrogen and oxygen atoms in total. The van der Waals surface area contributed by atoms with E-state index in [1.807, 2.05) is 6.20 Å². The molecule has 0 aromatic carbocycles. The van der Waals surface area contributed by atoms with Crippen molar-refractivity contribution in [1.29, 1.82) is 0 Å². The van der Waals surface area contributed by atoms with Crippen molar-refractivity contribution in [2.24, 2.45) is 17.6 Å². The minimum absolute atomic E-state index is 0.180. The van der Waals surface area contributed by atoms with Gasteiger partial charge in [-0.1, -0.05) is 20.3 Å². The van der Waals surface area contributed by atoms with E-state index in [0.29, 0.717) is 5.92 Å². The summed E-state index contributed by atoms with van der Waals surface area (Å²) in [4.78, 5) is 0. The molecule has 3 atom stereocenters. The van der Waals surface area contributed by atoms with Crippen LogP contribution in [0.5, 0.6) is 0 Å². The summed E-state index contributed by atoms with van der Waals surface area (Å²) in [6.07, 6.45) is 6.88. The molecule has 0 aliphatic heterocycles. The molecule has 1 aliphatic carbocycles. The van der Waals surface area contributed by atoms with Crippen LogP contribution in [0.25, 0.3) is 0 Å². The fourth-order valence-corrected chi connectivity index (χ4v) is 2.84. The second-order valence-corrected chi connectivity index (χ2v) is 5.18. The molecule has 1 aromatic rings. The Labute approximate surface area is 98.0 Å². The van der Waals surface area contributed by atoms with Gasteiger partial charge in [-0.3, -0.25) is 4.68 Å². The minimum atomic E-state index is 0.180. The zero-order chi connectivity index (χ0) is 11.5. The number of rotatable bonds is 4. The van der Waals surface area contributed by atoms with Crippen molar-refractivity contribution in [3.63, 3.8) is 0 Å². The monoisotopic (exact) mass is 221 g/mol. The van der Waals surface area contributed by atoms with Gasteiger partial charge in [0.15, 0.2) is 0 Å². The van der Waals surface area contributed by atoms with Crippen molar-refractivity contribution < 1.29 is 0 Å². The van der Waals surface area contributed by atoms with E-state index >= 15 is 0 Å². The molecule has 90 valence electrons. The van der Waals surface area contributed by atoms with Gasteiger partial charge < -0.3 is 5.73 Å². The van der Waals surface area contributed by atoms with Crippen molar-refractivity contribution in [2.45, 2.75) is 52.1 Å². The molecule has 2 N–H and O–H groups in total. The third-order valence-corrected chi connectivity index (χ3v) is 3.77. The number of aryl methyl sites for hydroxylation is 1. The summed E-state index contributed by atoms with van der Waals surface area (Å²) in [5.74, 6) is 1.50. The maximum Gasteiger partial charge on any atom is 0.0554 e. The van der Waals surface area contributed by atoms with Crippen molar-refractivity contribution in [3.05, 3.63) is 18.0 Å². The lowest BCUT2D eigenvalue weighted by atomic mass is 9.95. The van der Waals surface area contributed by atoms with Crippen LogP contribution in [0, 0.1) is 11.8 Å². The van der Waals surface area contributed by atoms with Gasteiger partial charge in [-0.05, 0) is 37.2 Å². The number of nitrogens with zero attached hydrogens (tertiary/aromatic N) is 2. The molecule has 0 spiro atoms. The van der Waals surface area contributed by atoms with Crippen LogP contribution in [0.15, 0.2) is 12.3 Å². The first-order valence-electron chi connectivity index (χ1n) is 6.49. The summed E-state index contributed by atoms with van der Waals surface area (Å²) >= 11 is 0. The van der Waals surface area contributed by atoms with Crippen molar-refractivity contribution >= 4 is 0 Å². The van der Waals surface area contributed by atoms with Gasteiger partial charge in [0.05, 0.1) is 5.69 Å². The first-order valence-corrected chi connectivity index (χ1v) is 6.49. The zero-order valence-electron chi connectivity index (χ0n) is 10.4. The zero-order valence-corrected chi connectivity index (χ0v) is 10.4. The lowest BCUT2D eigenvalue weighted by molar-refractivity contribution is 0.400. The van der Waals surface area contributed by atoms with E-state index in [9.17, 15) is 0 Å². The topological polar surface area (TPSA) is 43.8 Å². The second-order valence-electron chi connectivity index (χ2n) is 5.18. The molecule has 0 radical (unpaired) electrons. The van der Waals surface area contributed by atoms with Crippen LogP contribution in [0.4, 0.5) is 0 Å². The van der Waals surface area contributed by atoms with Crippen molar-refractivity contribution in [2.75, 3.05) is 0 Å². The maximum absolute atomic E-state index is 6.38. The van der Waals surface area contributed by atoms with E-state index < -0.39 is 0 Å². The number of nitrogens with two attached hydrogens (primary N) is 1. The Morgan fingerprint density at radius 1 is 1.56 bits per heavy atom. The van der Waals surface area contributed by atoms with Crippen LogP contribution in [0.1, 0.15) is 51.3 Å². The highest BCUT2D eigenvalue weighted by Crippen LogP contribution is 2.37. The Hall–Kier alpha value is -0.830. The molecule has 0 bridgehead atoms. The standard InChI is InChI=1S/C13H23N3/c1-3-8-16-12(6-7-15-16)13(14)11-5-4-10(2)9-11/h6-7,10-11,13H,3-5,8-9,14H2,1-2H3. The lowest BCUT2D eigenvalue weighted by Gasteiger charge is -2.20. The number of aromatic nitrogens is 2. The Bertz CT molecular complexity index is 332. The summed E-state index contributed by atoms with van der Waals surface area (Å²) in [6, 6.07) is 2.27. The molecular formula is C13H23N3. The van der Waals surface area contributed by atoms with Gasteiger partial charge in [-0.15, -0.1) is 0 Å². The molecular weight excluding hydrogens is 198 g/mol. The average Bonchev–Trinajstić information content (AvgIpc) is 2.87. The largest absolute Gasteiger partial charge is 0.322 e. The van der Waals surface area contributed by atoms with Crippen LogP contribution in [-0.2, 0) is 6.54 Å². The predicted molar refractivity (Wildman–Crippen MR) is 66.0 cm³/mol. The van der Waals surface area contributed by atoms with E-state index in [1.54, 1.807) is 0 Å². The van der Waals surface area contributed by atoms with E-state index in [-0.39, 0.29) is 6.04 Å². The molecule has 16 heavy (non-hydrogen) atoms. The second kappa shape index (κ2) is 5.00. The third-order valence-electron chi connectivity index (χ3n) is 3.77. The van der Waals surface area contributed by atoms with Gasteiger partial charge in [0.2, 0.25) is 0 Å². The fraction of sp³-hybridized carbons (Fsp3) is 0.769. The summed E-state index contributed by atoms with van der Waals surface area (Å²) < 4.78 is 2.08. The number of hydrogen-bond donors (Lipinski definition) is 1. The highest BCUT2D eigenvalue weighted by atomic mass is 15.3. The first kappa shape index (κ1) is 11.6. The molecule has 1 aliphatic rings. The normalized spacial score (nSPS) is 27.2. The average molecular weight is 221 g/mol. The molecule has 0 amide bonds. The van der Waals surface area contributed by atoms with E-state index in [0.717, 1.165) is 18.9 Å². The molecule has 2 rings (SSSR count). The van der Waals surface area contributed by atoms with Gasteiger partial charge in [-0.2, -0.15) is 5.10 Å². The van der Waals surface area contributed by atoms with Crippen LogP contribution in [0.3, 0.4) is 0 Å². The quantitative estimate of drug-likeness (QED) is 0.849. The highest BCUT2D eigenvalue weighted by molar-refractivity contribution is 5.08. The Morgan fingerprint density at radius 2 is 2.38 bits per heavy atom. The van der Waals surface area contributed by atoms with Crippen molar-refractivity contribution in [3.8, 4) is 0 Å². The molecule has 1 aromatic heterocycles. The minimum Gasteiger partial charge on any atom is -0.322 e. The molecule has 1 heterocycles. The van der Waals surface area contributed by atoms with Gasteiger partial charge in [-0.25, -0.2) is 0 Å². The Kier molecular flexibility index (Phi) is 3.64. The fourth-order valence-electron chi connectivity index (χ4n) is 2.84.